The van der Waals surface area contributed by atoms with Crippen LogP contribution in [0.4, 0.5) is 0 Å². The lowest BCUT2D eigenvalue weighted by molar-refractivity contribution is -0.141. The molecule has 2 rings (SSSR count). The molecule has 0 aliphatic heterocycles. The monoisotopic (exact) mass is 312 g/mol. The second-order valence-corrected chi connectivity index (χ2v) is 5.55. The molecule has 0 radical (unpaired) electrons. The van der Waals surface area contributed by atoms with E-state index >= 15 is 0 Å². The Morgan fingerprint density at radius 3 is 2.39 bits per heavy atom. The van der Waals surface area contributed by atoms with Gasteiger partial charge in [-0.05, 0) is 31.0 Å². The third kappa shape index (κ3) is 3.74. The summed E-state index contributed by atoms with van der Waals surface area (Å²) in [6.07, 6.45) is 1.90. The van der Waals surface area contributed by atoms with E-state index in [1.165, 1.54) is 11.9 Å². The van der Waals surface area contributed by atoms with Crippen LogP contribution in [0.5, 0.6) is 0 Å². The van der Waals surface area contributed by atoms with Gasteiger partial charge in [0.05, 0.1) is 11.3 Å². The summed E-state index contributed by atoms with van der Waals surface area (Å²) in [6, 6.07) is 10.1. The number of rotatable bonds is 5. The normalized spacial score (nSPS) is 11.8. The predicted molar refractivity (Wildman–Crippen MR) is 87.4 cm³/mol. The first kappa shape index (κ1) is 16.7. The number of nitrogens with zero attached hydrogens (tertiary/aromatic N) is 2. The highest BCUT2D eigenvalue weighted by molar-refractivity contribution is 5.98. The van der Waals surface area contributed by atoms with Crippen LogP contribution in [0.3, 0.4) is 0 Å². The molecule has 1 aromatic carbocycles. The maximum Gasteiger partial charge on any atom is 0.326 e. The molecule has 2 aromatic rings. The van der Waals surface area contributed by atoms with Crippen molar-refractivity contribution in [2.75, 3.05) is 7.05 Å². The number of likely N-dealkylation sites (N-methyl/N-ethyl adjacent to an activating group) is 1. The number of carboxylic acids is 1. The lowest BCUT2D eigenvalue weighted by atomic mass is 10.0. The molecule has 0 unspecified atom stereocenters. The number of aromatic nitrogens is 1. The first-order valence-corrected chi connectivity index (χ1v) is 7.38. The van der Waals surface area contributed by atoms with Crippen molar-refractivity contribution in [3.8, 4) is 0 Å². The number of aliphatic carboxylic acids is 1. The van der Waals surface area contributed by atoms with Crippen LogP contribution in [-0.2, 0) is 11.2 Å². The lowest BCUT2D eigenvalue weighted by Crippen LogP contribution is -2.44. The molecule has 0 spiro atoms. The molecule has 0 fully saturated rings. The molecule has 0 saturated heterocycles. The summed E-state index contributed by atoms with van der Waals surface area (Å²) >= 11 is 0. The molecule has 1 heterocycles. The van der Waals surface area contributed by atoms with E-state index in [-0.39, 0.29) is 12.3 Å². The number of carbonyl (C=O) groups excluding carboxylic acids is 1. The second kappa shape index (κ2) is 7.05. The maximum absolute atomic E-state index is 12.7. The summed E-state index contributed by atoms with van der Waals surface area (Å²) in [5.41, 5.74) is 2.73. The van der Waals surface area contributed by atoms with Gasteiger partial charge >= 0.3 is 5.97 Å². The summed E-state index contributed by atoms with van der Waals surface area (Å²) in [7, 11) is 1.52. The standard InChI is InChI=1S/C18H20N2O3/c1-12-9-10-19-13(2)16(12)17(21)20(3)15(18(22)23)11-14-7-5-4-6-8-14/h4-10,15H,11H2,1-3H3,(H,22,23)/t15-/m1/s1. The van der Waals surface area contributed by atoms with Crippen LogP contribution in [-0.4, -0.2) is 40.0 Å². The van der Waals surface area contributed by atoms with Crippen molar-refractivity contribution in [1.82, 2.24) is 9.88 Å². The predicted octanol–water partition coefficient (Wildman–Crippen LogP) is 2.47. The smallest absolute Gasteiger partial charge is 0.326 e. The number of pyridine rings is 1. The fourth-order valence-corrected chi connectivity index (χ4v) is 2.56. The lowest BCUT2D eigenvalue weighted by Gasteiger charge is -2.26. The van der Waals surface area contributed by atoms with Crippen LogP contribution < -0.4 is 0 Å². The number of hydrogen-bond acceptors (Lipinski definition) is 3. The van der Waals surface area contributed by atoms with E-state index in [4.69, 9.17) is 0 Å². The number of carbonyl (C=O) groups is 2. The van der Waals surface area contributed by atoms with Gasteiger partial charge in [-0.15, -0.1) is 0 Å². The van der Waals surface area contributed by atoms with Gasteiger partial charge in [-0.1, -0.05) is 30.3 Å². The zero-order chi connectivity index (χ0) is 17.0. The molecule has 23 heavy (non-hydrogen) atoms. The molecule has 0 saturated carbocycles. The minimum absolute atomic E-state index is 0.261. The Labute approximate surface area is 135 Å². The fourth-order valence-electron chi connectivity index (χ4n) is 2.56. The first-order chi connectivity index (χ1) is 10.9. The van der Waals surface area contributed by atoms with E-state index in [0.717, 1.165) is 11.1 Å². The molecule has 1 atom stereocenters. The molecule has 1 aromatic heterocycles. The van der Waals surface area contributed by atoms with Crippen molar-refractivity contribution in [1.29, 1.82) is 0 Å². The van der Waals surface area contributed by atoms with Crippen molar-refractivity contribution in [3.63, 3.8) is 0 Å². The zero-order valence-corrected chi connectivity index (χ0v) is 13.5. The van der Waals surface area contributed by atoms with Crippen LogP contribution >= 0.6 is 0 Å². The van der Waals surface area contributed by atoms with Crippen LogP contribution in [0.1, 0.15) is 27.2 Å². The second-order valence-electron chi connectivity index (χ2n) is 5.55. The van der Waals surface area contributed by atoms with Gasteiger partial charge in [-0.2, -0.15) is 0 Å². The molecule has 1 amide bonds. The Morgan fingerprint density at radius 2 is 1.83 bits per heavy atom. The van der Waals surface area contributed by atoms with E-state index < -0.39 is 12.0 Å². The highest BCUT2D eigenvalue weighted by Gasteiger charge is 2.29. The number of aryl methyl sites for hydroxylation is 2. The van der Waals surface area contributed by atoms with Crippen molar-refractivity contribution in [2.24, 2.45) is 0 Å². The Kier molecular flexibility index (Phi) is 5.11. The minimum Gasteiger partial charge on any atom is -0.480 e. The topological polar surface area (TPSA) is 70.5 Å². The first-order valence-electron chi connectivity index (χ1n) is 7.38. The Balaban J connectivity index is 2.29. The molecule has 0 aliphatic rings. The quantitative estimate of drug-likeness (QED) is 0.920. The third-order valence-electron chi connectivity index (χ3n) is 3.91. The average molecular weight is 312 g/mol. The molecule has 1 N–H and O–H groups in total. The number of carboxylic acid groups (broad SMARTS) is 1. The third-order valence-corrected chi connectivity index (χ3v) is 3.91. The molecule has 5 nitrogen and oxygen atoms in total. The van der Waals surface area contributed by atoms with Crippen LogP contribution in [0.25, 0.3) is 0 Å². The van der Waals surface area contributed by atoms with Crippen molar-refractivity contribution < 1.29 is 14.7 Å². The molecule has 0 bridgehead atoms. The minimum atomic E-state index is -1.02. The molecular weight excluding hydrogens is 292 g/mol. The Bertz CT molecular complexity index is 693. The van der Waals surface area contributed by atoms with Gasteiger partial charge in [0, 0.05) is 19.7 Å². The van der Waals surface area contributed by atoms with E-state index in [1.54, 1.807) is 19.2 Å². The van der Waals surface area contributed by atoms with Crippen molar-refractivity contribution in [3.05, 3.63) is 65.0 Å². The van der Waals surface area contributed by atoms with Crippen molar-refractivity contribution in [2.45, 2.75) is 26.3 Å². The number of benzene rings is 1. The number of hydrogen-bond donors (Lipinski definition) is 1. The summed E-state index contributed by atoms with van der Waals surface area (Å²) < 4.78 is 0. The highest BCUT2D eigenvalue weighted by Crippen LogP contribution is 2.16. The maximum atomic E-state index is 12.7. The molecule has 5 heteroatoms. The van der Waals surface area contributed by atoms with Gasteiger partial charge in [0.1, 0.15) is 6.04 Å². The summed E-state index contributed by atoms with van der Waals surface area (Å²) in [5, 5.41) is 9.53. The van der Waals surface area contributed by atoms with Gasteiger partial charge in [0.25, 0.3) is 5.91 Å². The van der Waals surface area contributed by atoms with Crippen LogP contribution in [0, 0.1) is 13.8 Å². The Hall–Kier alpha value is -2.69. The van der Waals surface area contributed by atoms with Gasteiger partial charge in [-0.3, -0.25) is 9.78 Å². The largest absolute Gasteiger partial charge is 0.480 e. The van der Waals surface area contributed by atoms with Gasteiger partial charge in [0.2, 0.25) is 0 Å². The molecule has 120 valence electrons. The summed E-state index contributed by atoms with van der Waals surface area (Å²) in [5.74, 6) is -1.35. The van der Waals surface area contributed by atoms with Gasteiger partial charge in [0.15, 0.2) is 0 Å². The van der Waals surface area contributed by atoms with Gasteiger partial charge < -0.3 is 10.0 Å². The SMILES string of the molecule is Cc1ccnc(C)c1C(=O)N(C)[C@H](Cc1ccccc1)C(=O)O. The van der Waals surface area contributed by atoms with Gasteiger partial charge in [-0.25, -0.2) is 4.79 Å². The average Bonchev–Trinajstić information content (AvgIpc) is 2.52. The van der Waals surface area contributed by atoms with Crippen LogP contribution in [0.15, 0.2) is 42.6 Å². The van der Waals surface area contributed by atoms with E-state index in [2.05, 4.69) is 4.98 Å². The van der Waals surface area contributed by atoms with Crippen molar-refractivity contribution >= 4 is 11.9 Å². The van der Waals surface area contributed by atoms with E-state index in [1.807, 2.05) is 37.3 Å². The molecular formula is C18H20N2O3. The fraction of sp³-hybridized carbons (Fsp3) is 0.278. The molecule has 0 aliphatic carbocycles. The van der Waals surface area contributed by atoms with E-state index in [0.29, 0.717) is 11.3 Å². The summed E-state index contributed by atoms with van der Waals surface area (Å²) in [6.45, 7) is 3.57. The Morgan fingerprint density at radius 1 is 1.17 bits per heavy atom. The highest BCUT2D eigenvalue weighted by atomic mass is 16.4. The van der Waals surface area contributed by atoms with E-state index in [9.17, 15) is 14.7 Å². The zero-order valence-electron chi connectivity index (χ0n) is 13.5. The summed E-state index contributed by atoms with van der Waals surface area (Å²) in [4.78, 5) is 29.8. The van der Waals surface area contributed by atoms with Crippen LogP contribution in [0.2, 0.25) is 0 Å². The number of amides is 1.